The third-order valence-electron chi connectivity index (χ3n) is 3.26. The van der Waals surface area contributed by atoms with Crippen molar-refractivity contribution in [1.29, 1.82) is 0 Å². The van der Waals surface area contributed by atoms with Gasteiger partial charge in [-0.2, -0.15) is 5.10 Å². The summed E-state index contributed by atoms with van der Waals surface area (Å²) in [5.41, 5.74) is 1.23. The molecule has 0 atom stereocenters. The maximum absolute atomic E-state index is 9.03. The van der Waals surface area contributed by atoms with Gasteiger partial charge in [0.05, 0.1) is 5.69 Å². The Labute approximate surface area is 84.7 Å². The molecule has 3 heteroatoms. The van der Waals surface area contributed by atoms with Crippen LogP contribution < -0.4 is 0 Å². The number of aliphatic hydroxyl groups excluding tert-OH is 1. The Morgan fingerprint density at radius 2 is 2.14 bits per heavy atom. The molecule has 0 aliphatic heterocycles. The topological polar surface area (TPSA) is 38.0 Å². The molecule has 78 valence electrons. The highest BCUT2D eigenvalue weighted by Gasteiger charge is 2.22. The Bertz CT molecular complexity index is 287. The normalized spacial score (nSPS) is 27.9. The van der Waals surface area contributed by atoms with E-state index in [-0.39, 0.29) is 0 Å². The first-order valence-electron chi connectivity index (χ1n) is 5.40. The third-order valence-corrected chi connectivity index (χ3v) is 3.26. The van der Waals surface area contributed by atoms with Gasteiger partial charge in [-0.15, -0.1) is 0 Å². The Morgan fingerprint density at radius 3 is 2.64 bits per heavy atom. The summed E-state index contributed by atoms with van der Waals surface area (Å²) in [5, 5.41) is 13.5. The van der Waals surface area contributed by atoms with E-state index in [1.165, 1.54) is 18.5 Å². The number of aliphatic hydroxyl groups is 1. The summed E-state index contributed by atoms with van der Waals surface area (Å²) in [5.74, 6) is 1.16. The van der Waals surface area contributed by atoms with Crippen molar-refractivity contribution in [3.63, 3.8) is 0 Å². The second kappa shape index (κ2) is 4.13. The molecule has 1 aromatic rings. The summed E-state index contributed by atoms with van der Waals surface area (Å²) in [6.07, 6.45) is 6.67. The zero-order chi connectivity index (χ0) is 9.97. The summed E-state index contributed by atoms with van der Waals surface area (Å²) in [4.78, 5) is 0. The van der Waals surface area contributed by atoms with Crippen molar-refractivity contribution in [3.05, 3.63) is 18.0 Å². The number of rotatable bonds is 2. The molecule has 1 heterocycles. The maximum Gasteiger partial charge on any atom is 0.0655 e. The second-order valence-electron chi connectivity index (χ2n) is 4.31. The smallest absolute Gasteiger partial charge is 0.0655 e. The van der Waals surface area contributed by atoms with E-state index in [1.807, 2.05) is 17.9 Å². The zero-order valence-electron chi connectivity index (χ0n) is 8.69. The largest absolute Gasteiger partial charge is 0.396 e. The molecule has 0 unspecified atom stereocenters. The van der Waals surface area contributed by atoms with Crippen molar-refractivity contribution in [1.82, 2.24) is 9.78 Å². The van der Waals surface area contributed by atoms with Gasteiger partial charge in [0, 0.05) is 25.8 Å². The first kappa shape index (κ1) is 9.71. The Morgan fingerprint density at radius 1 is 1.43 bits per heavy atom. The molecule has 0 amide bonds. The molecule has 1 aliphatic carbocycles. The minimum atomic E-state index is 0.356. The van der Waals surface area contributed by atoms with Crippen LogP contribution in [-0.4, -0.2) is 21.5 Å². The quantitative estimate of drug-likeness (QED) is 0.778. The molecule has 1 aliphatic rings. The Kier molecular flexibility index (Phi) is 2.87. The molecule has 3 nitrogen and oxygen atoms in total. The van der Waals surface area contributed by atoms with Crippen LogP contribution in [0.15, 0.2) is 12.3 Å². The molecule has 1 saturated carbocycles. The van der Waals surface area contributed by atoms with E-state index < -0.39 is 0 Å². The van der Waals surface area contributed by atoms with Crippen molar-refractivity contribution < 1.29 is 5.11 Å². The fourth-order valence-electron chi connectivity index (χ4n) is 2.29. The van der Waals surface area contributed by atoms with Crippen LogP contribution in [0.3, 0.4) is 0 Å². The number of aryl methyl sites for hydroxylation is 1. The van der Waals surface area contributed by atoms with Crippen molar-refractivity contribution >= 4 is 0 Å². The molecular formula is C11H18N2O. The molecule has 1 N–H and O–H groups in total. The van der Waals surface area contributed by atoms with Crippen molar-refractivity contribution in [2.45, 2.75) is 31.6 Å². The fraction of sp³-hybridized carbons (Fsp3) is 0.727. The van der Waals surface area contributed by atoms with E-state index in [1.54, 1.807) is 0 Å². The van der Waals surface area contributed by atoms with E-state index in [0.29, 0.717) is 18.4 Å². The highest BCUT2D eigenvalue weighted by atomic mass is 16.3. The number of hydrogen-bond acceptors (Lipinski definition) is 2. The van der Waals surface area contributed by atoms with Crippen molar-refractivity contribution in [2.75, 3.05) is 6.61 Å². The monoisotopic (exact) mass is 194 g/mol. The number of hydrogen-bond donors (Lipinski definition) is 1. The van der Waals surface area contributed by atoms with Gasteiger partial charge in [-0.1, -0.05) is 0 Å². The lowest BCUT2D eigenvalue weighted by atomic mass is 9.81. The minimum Gasteiger partial charge on any atom is -0.396 e. The summed E-state index contributed by atoms with van der Waals surface area (Å²) in [6.45, 7) is 0.356. The molecule has 1 fully saturated rings. The van der Waals surface area contributed by atoms with Crippen LogP contribution in [-0.2, 0) is 7.05 Å². The minimum absolute atomic E-state index is 0.356. The molecule has 0 saturated heterocycles. The van der Waals surface area contributed by atoms with Crippen LogP contribution in [0.2, 0.25) is 0 Å². The highest BCUT2D eigenvalue weighted by Crippen LogP contribution is 2.34. The molecule has 14 heavy (non-hydrogen) atoms. The van der Waals surface area contributed by atoms with Gasteiger partial charge >= 0.3 is 0 Å². The molecule has 0 radical (unpaired) electrons. The lowest BCUT2D eigenvalue weighted by molar-refractivity contribution is 0.181. The Balaban J connectivity index is 1.95. The van der Waals surface area contributed by atoms with Gasteiger partial charge in [0.1, 0.15) is 0 Å². The summed E-state index contributed by atoms with van der Waals surface area (Å²) in [6, 6.07) is 2.12. The summed E-state index contributed by atoms with van der Waals surface area (Å²) >= 11 is 0. The standard InChI is InChI=1S/C11H18N2O/c1-13-7-6-11(12-13)10-4-2-9(8-14)3-5-10/h6-7,9-10,14H,2-5,8H2,1H3. The zero-order valence-corrected chi connectivity index (χ0v) is 8.69. The molecule has 0 spiro atoms. The lowest BCUT2D eigenvalue weighted by Gasteiger charge is -2.25. The molecular weight excluding hydrogens is 176 g/mol. The first-order chi connectivity index (χ1) is 6.79. The average molecular weight is 194 g/mol. The molecule has 2 rings (SSSR count). The van der Waals surface area contributed by atoms with Gasteiger partial charge in [0.15, 0.2) is 0 Å². The van der Waals surface area contributed by atoms with E-state index >= 15 is 0 Å². The van der Waals surface area contributed by atoms with Crippen LogP contribution in [0, 0.1) is 5.92 Å². The SMILES string of the molecule is Cn1ccc(C2CCC(CO)CC2)n1. The summed E-state index contributed by atoms with van der Waals surface area (Å²) in [7, 11) is 1.96. The predicted molar refractivity (Wildman–Crippen MR) is 55.0 cm³/mol. The van der Waals surface area contributed by atoms with Gasteiger partial charge < -0.3 is 5.11 Å². The van der Waals surface area contributed by atoms with E-state index in [0.717, 1.165) is 12.8 Å². The van der Waals surface area contributed by atoms with Crippen LogP contribution in [0.5, 0.6) is 0 Å². The average Bonchev–Trinajstić information content (AvgIpc) is 2.65. The van der Waals surface area contributed by atoms with Crippen LogP contribution in [0.1, 0.15) is 37.3 Å². The van der Waals surface area contributed by atoms with Crippen LogP contribution in [0.25, 0.3) is 0 Å². The number of nitrogens with zero attached hydrogens (tertiary/aromatic N) is 2. The second-order valence-corrected chi connectivity index (χ2v) is 4.31. The molecule has 1 aromatic heterocycles. The fourth-order valence-corrected chi connectivity index (χ4v) is 2.29. The van der Waals surface area contributed by atoms with Crippen molar-refractivity contribution in [3.8, 4) is 0 Å². The van der Waals surface area contributed by atoms with Gasteiger partial charge in [-0.05, 0) is 37.7 Å². The Hall–Kier alpha value is -0.830. The van der Waals surface area contributed by atoms with Crippen LogP contribution >= 0.6 is 0 Å². The molecule has 0 bridgehead atoms. The van der Waals surface area contributed by atoms with Crippen molar-refractivity contribution in [2.24, 2.45) is 13.0 Å². The lowest BCUT2D eigenvalue weighted by Crippen LogP contribution is -2.16. The first-order valence-corrected chi connectivity index (χ1v) is 5.40. The maximum atomic E-state index is 9.03. The van der Waals surface area contributed by atoms with Gasteiger partial charge in [-0.25, -0.2) is 0 Å². The van der Waals surface area contributed by atoms with Gasteiger partial charge in [0.2, 0.25) is 0 Å². The van der Waals surface area contributed by atoms with E-state index in [2.05, 4.69) is 11.2 Å². The van der Waals surface area contributed by atoms with Gasteiger partial charge in [0.25, 0.3) is 0 Å². The van der Waals surface area contributed by atoms with E-state index in [4.69, 9.17) is 5.11 Å². The third kappa shape index (κ3) is 1.98. The highest BCUT2D eigenvalue weighted by molar-refractivity contribution is 5.07. The number of aromatic nitrogens is 2. The van der Waals surface area contributed by atoms with Crippen LogP contribution in [0.4, 0.5) is 0 Å². The van der Waals surface area contributed by atoms with Gasteiger partial charge in [-0.3, -0.25) is 4.68 Å². The molecule has 0 aromatic carbocycles. The summed E-state index contributed by atoms with van der Waals surface area (Å²) < 4.78 is 1.87. The predicted octanol–water partition coefficient (Wildman–Crippen LogP) is 1.69. The van der Waals surface area contributed by atoms with E-state index in [9.17, 15) is 0 Å².